The fourth-order valence-electron chi connectivity index (χ4n) is 1.82. The zero-order valence-corrected chi connectivity index (χ0v) is 12.7. The topological polar surface area (TPSA) is 86.1 Å². The van der Waals surface area contributed by atoms with Crippen molar-refractivity contribution in [3.05, 3.63) is 47.9 Å². The Morgan fingerprint density at radius 2 is 2.05 bits per heavy atom. The maximum absolute atomic E-state index is 13.9. The van der Waals surface area contributed by atoms with Gasteiger partial charge in [-0.25, -0.2) is 17.8 Å². The molecule has 1 N–H and O–H groups in total. The van der Waals surface area contributed by atoms with Gasteiger partial charge >= 0.3 is 0 Å². The lowest BCUT2D eigenvalue weighted by atomic mass is 10.2. The number of hydrogen-bond donors (Lipinski definition) is 1. The number of hydrogen-bond acceptors (Lipinski definition) is 5. The van der Waals surface area contributed by atoms with Crippen molar-refractivity contribution < 1.29 is 12.8 Å². The quantitative estimate of drug-likeness (QED) is 0.930. The first-order valence-corrected chi connectivity index (χ1v) is 7.68. The highest BCUT2D eigenvalue weighted by molar-refractivity contribution is 7.92. The Kier molecular flexibility index (Phi) is 4.28. The van der Waals surface area contributed by atoms with Gasteiger partial charge in [0.15, 0.2) is 5.82 Å². The van der Waals surface area contributed by atoms with E-state index < -0.39 is 20.7 Å². The van der Waals surface area contributed by atoms with Crippen molar-refractivity contribution in [2.75, 3.05) is 23.7 Å². The van der Waals surface area contributed by atoms with Crippen molar-refractivity contribution in [2.45, 2.75) is 4.90 Å². The van der Waals surface area contributed by atoms with Gasteiger partial charge in [0, 0.05) is 20.3 Å². The minimum Gasteiger partial charge on any atom is -0.361 e. The number of pyridine rings is 1. The van der Waals surface area contributed by atoms with Gasteiger partial charge in [-0.3, -0.25) is 4.72 Å². The number of halogens is 1. The van der Waals surface area contributed by atoms with Gasteiger partial charge in [-0.2, -0.15) is 5.26 Å². The standard InChI is InChI=1S/C14H13FN4O2S/c1-19(2)14-12(4-3-7-17-14)18-22(20,21)13-6-5-10(9-16)8-11(13)15/h3-8,18H,1-2H3. The average Bonchev–Trinajstić information content (AvgIpc) is 2.46. The lowest BCUT2D eigenvalue weighted by Gasteiger charge is -2.17. The highest BCUT2D eigenvalue weighted by Gasteiger charge is 2.21. The van der Waals surface area contributed by atoms with Crippen LogP contribution in [0.4, 0.5) is 15.9 Å². The molecule has 2 rings (SSSR count). The molecule has 0 fully saturated rings. The number of anilines is 2. The SMILES string of the molecule is CN(C)c1ncccc1NS(=O)(=O)c1ccc(C#N)cc1F. The van der Waals surface area contributed by atoms with Crippen molar-refractivity contribution in [1.29, 1.82) is 5.26 Å². The largest absolute Gasteiger partial charge is 0.361 e. The molecule has 22 heavy (non-hydrogen) atoms. The Morgan fingerprint density at radius 3 is 2.64 bits per heavy atom. The molecule has 0 saturated heterocycles. The monoisotopic (exact) mass is 320 g/mol. The lowest BCUT2D eigenvalue weighted by Crippen LogP contribution is -2.19. The Labute approximate surface area is 127 Å². The van der Waals surface area contributed by atoms with Gasteiger partial charge in [-0.1, -0.05) is 0 Å². The van der Waals surface area contributed by atoms with Gasteiger partial charge < -0.3 is 4.90 Å². The van der Waals surface area contributed by atoms with Gasteiger partial charge in [0.2, 0.25) is 0 Å². The second kappa shape index (κ2) is 5.99. The number of rotatable bonds is 4. The Hall–Kier alpha value is -2.66. The minimum atomic E-state index is -4.13. The number of sulfonamides is 1. The number of nitrogens with zero attached hydrogens (tertiary/aromatic N) is 3. The van der Waals surface area contributed by atoms with Crippen molar-refractivity contribution in [3.8, 4) is 6.07 Å². The molecule has 0 saturated carbocycles. The fourth-order valence-corrected chi connectivity index (χ4v) is 2.94. The van der Waals surface area contributed by atoms with Crippen LogP contribution in [0.15, 0.2) is 41.4 Å². The van der Waals surface area contributed by atoms with Gasteiger partial charge in [-0.05, 0) is 30.3 Å². The van der Waals surface area contributed by atoms with Crippen LogP contribution in [0.5, 0.6) is 0 Å². The summed E-state index contributed by atoms with van der Waals surface area (Å²) < 4.78 is 40.8. The molecule has 0 spiro atoms. The first-order valence-electron chi connectivity index (χ1n) is 6.20. The lowest BCUT2D eigenvalue weighted by molar-refractivity contribution is 0.570. The molecule has 1 heterocycles. The van der Waals surface area contributed by atoms with Crippen LogP contribution in [0.2, 0.25) is 0 Å². The van der Waals surface area contributed by atoms with Gasteiger partial charge in [-0.15, -0.1) is 0 Å². The van der Waals surface area contributed by atoms with E-state index in [9.17, 15) is 12.8 Å². The predicted molar refractivity (Wildman–Crippen MR) is 80.5 cm³/mol. The Morgan fingerprint density at radius 1 is 1.32 bits per heavy atom. The summed E-state index contributed by atoms with van der Waals surface area (Å²) in [5.41, 5.74) is 0.281. The normalized spacial score (nSPS) is 10.8. The molecular formula is C14H13FN4O2S. The summed E-state index contributed by atoms with van der Waals surface area (Å²) >= 11 is 0. The fraction of sp³-hybridized carbons (Fsp3) is 0.143. The number of benzene rings is 1. The molecule has 0 unspecified atom stereocenters. The molecule has 0 aliphatic rings. The van der Waals surface area contributed by atoms with Crippen LogP contribution in [-0.2, 0) is 10.0 Å². The molecule has 8 heteroatoms. The Balaban J connectivity index is 2.43. The van der Waals surface area contributed by atoms with Crippen molar-refractivity contribution in [1.82, 2.24) is 4.98 Å². The smallest absolute Gasteiger partial charge is 0.264 e. The van der Waals surface area contributed by atoms with E-state index in [1.54, 1.807) is 31.1 Å². The summed E-state index contributed by atoms with van der Waals surface area (Å²) in [6, 6.07) is 8.03. The van der Waals surface area contributed by atoms with E-state index in [0.29, 0.717) is 5.82 Å². The van der Waals surface area contributed by atoms with E-state index in [1.807, 2.05) is 0 Å². The van der Waals surface area contributed by atoms with Crippen molar-refractivity contribution in [3.63, 3.8) is 0 Å². The van der Waals surface area contributed by atoms with Crippen LogP contribution < -0.4 is 9.62 Å². The maximum Gasteiger partial charge on any atom is 0.264 e. The van der Waals surface area contributed by atoms with E-state index in [-0.39, 0.29) is 11.3 Å². The summed E-state index contributed by atoms with van der Waals surface area (Å²) in [6.07, 6.45) is 1.52. The summed E-state index contributed by atoms with van der Waals surface area (Å²) in [4.78, 5) is 5.17. The molecule has 1 aromatic heterocycles. The van der Waals surface area contributed by atoms with Gasteiger partial charge in [0.25, 0.3) is 10.0 Å². The molecule has 0 aliphatic heterocycles. The van der Waals surface area contributed by atoms with Crippen LogP contribution in [0.3, 0.4) is 0 Å². The predicted octanol–water partition coefficient (Wildman–Crippen LogP) is 1.96. The van der Waals surface area contributed by atoms with Gasteiger partial charge in [0.05, 0.1) is 17.3 Å². The second-order valence-electron chi connectivity index (χ2n) is 4.63. The molecule has 6 nitrogen and oxygen atoms in total. The van der Waals surface area contributed by atoms with E-state index in [1.165, 1.54) is 18.3 Å². The maximum atomic E-state index is 13.9. The molecule has 0 aliphatic carbocycles. The summed E-state index contributed by atoms with van der Waals surface area (Å²) in [6.45, 7) is 0. The van der Waals surface area contributed by atoms with E-state index >= 15 is 0 Å². The molecule has 114 valence electrons. The highest BCUT2D eigenvalue weighted by atomic mass is 32.2. The summed E-state index contributed by atoms with van der Waals surface area (Å²) in [5.74, 6) is -0.582. The van der Waals surface area contributed by atoms with Crippen LogP contribution in [-0.4, -0.2) is 27.5 Å². The molecular weight excluding hydrogens is 307 g/mol. The molecule has 0 atom stereocenters. The van der Waals surface area contributed by atoms with E-state index in [4.69, 9.17) is 5.26 Å². The summed E-state index contributed by atoms with van der Waals surface area (Å²) in [5, 5.41) is 8.69. The third-order valence-electron chi connectivity index (χ3n) is 2.81. The number of nitrogens with one attached hydrogen (secondary N) is 1. The third-order valence-corrected chi connectivity index (χ3v) is 4.20. The molecule has 0 amide bonds. The highest BCUT2D eigenvalue weighted by Crippen LogP contribution is 2.25. The minimum absolute atomic E-state index is 0.0480. The van der Waals surface area contributed by atoms with E-state index in [2.05, 4.69) is 9.71 Å². The average molecular weight is 320 g/mol. The zero-order valence-electron chi connectivity index (χ0n) is 11.9. The third kappa shape index (κ3) is 3.15. The summed E-state index contributed by atoms with van der Waals surface area (Å²) in [7, 11) is -0.705. The Bertz CT molecular complexity index is 844. The van der Waals surface area contributed by atoms with Crippen LogP contribution in [0.25, 0.3) is 0 Å². The zero-order chi connectivity index (χ0) is 16.3. The van der Waals surface area contributed by atoms with Gasteiger partial charge in [0.1, 0.15) is 10.7 Å². The van der Waals surface area contributed by atoms with Crippen LogP contribution in [0, 0.1) is 17.1 Å². The van der Waals surface area contributed by atoms with Crippen molar-refractivity contribution >= 4 is 21.5 Å². The number of aromatic nitrogens is 1. The molecule has 2 aromatic rings. The molecule has 0 radical (unpaired) electrons. The second-order valence-corrected chi connectivity index (χ2v) is 6.28. The number of nitriles is 1. The van der Waals surface area contributed by atoms with Crippen LogP contribution >= 0.6 is 0 Å². The first kappa shape index (κ1) is 15.7. The van der Waals surface area contributed by atoms with Crippen molar-refractivity contribution in [2.24, 2.45) is 0 Å². The molecule has 1 aromatic carbocycles. The molecule has 0 bridgehead atoms. The van der Waals surface area contributed by atoms with E-state index in [0.717, 1.165) is 12.1 Å². The van der Waals surface area contributed by atoms with Crippen LogP contribution in [0.1, 0.15) is 5.56 Å². The first-order chi connectivity index (χ1) is 10.3.